The van der Waals surface area contributed by atoms with Crippen molar-refractivity contribution in [3.63, 3.8) is 0 Å². The van der Waals surface area contributed by atoms with Crippen molar-refractivity contribution in [2.75, 3.05) is 0 Å². The number of hydrogen-bond acceptors (Lipinski definition) is 4. The van der Waals surface area contributed by atoms with Crippen LogP contribution in [0.25, 0.3) is 105 Å². The molecule has 0 saturated carbocycles. The molecule has 5 heteroatoms. The highest BCUT2D eigenvalue weighted by Gasteiger charge is 2.21. The molecule has 254 valence electrons. The highest BCUT2D eigenvalue weighted by molar-refractivity contribution is 6.21. The van der Waals surface area contributed by atoms with Crippen LogP contribution < -0.4 is 0 Å². The van der Waals surface area contributed by atoms with Gasteiger partial charge in [-0.15, -0.1) is 0 Å². The number of fused-ring (bicyclic) bond motifs is 10. The summed E-state index contributed by atoms with van der Waals surface area (Å²) in [6.07, 6.45) is 0. The lowest BCUT2D eigenvalue weighted by molar-refractivity contribution is 0.669. The summed E-state index contributed by atoms with van der Waals surface area (Å²) in [4.78, 5) is 0. The van der Waals surface area contributed by atoms with Gasteiger partial charge in [0.05, 0.1) is 34.3 Å². The molecule has 0 bridgehead atoms. The average Bonchev–Trinajstić information content (AvgIpc) is 3.93. The summed E-state index contributed by atoms with van der Waals surface area (Å²) in [6, 6.07) is 60.2. The first kappa shape index (κ1) is 30.7. The average molecular weight is 702 g/mol. The predicted octanol–water partition coefficient (Wildman–Crippen LogP) is 13.3. The molecular formula is C50H27N3O2. The Balaban J connectivity index is 1.21. The Morgan fingerprint density at radius 1 is 0.418 bits per heavy atom. The topological polar surface area (TPSA) is 78.8 Å². The molecule has 0 aliphatic carbocycles. The molecule has 3 aromatic heterocycles. The van der Waals surface area contributed by atoms with Gasteiger partial charge in [0.1, 0.15) is 16.7 Å². The lowest BCUT2D eigenvalue weighted by Gasteiger charge is -2.17. The molecule has 11 rings (SSSR count). The summed E-state index contributed by atoms with van der Waals surface area (Å²) >= 11 is 0. The van der Waals surface area contributed by atoms with Crippen LogP contribution in [0.2, 0.25) is 0 Å². The van der Waals surface area contributed by atoms with E-state index in [-0.39, 0.29) is 0 Å². The lowest BCUT2D eigenvalue weighted by atomic mass is 9.89. The summed E-state index contributed by atoms with van der Waals surface area (Å²) in [5.74, 6) is 0. The maximum Gasteiger partial charge on any atom is 0.160 e. The fourth-order valence-corrected chi connectivity index (χ4v) is 8.32. The van der Waals surface area contributed by atoms with Crippen molar-refractivity contribution in [2.24, 2.45) is 0 Å². The van der Waals surface area contributed by atoms with E-state index in [9.17, 15) is 10.5 Å². The number of benzene rings is 8. The number of aromatic nitrogens is 1. The van der Waals surface area contributed by atoms with Gasteiger partial charge in [0, 0.05) is 43.6 Å². The van der Waals surface area contributed by atoms with Crippen LogP contribution in [-0.4, -0.2) is 4.57 Å². The Morgan fingerprint density at radius 3 is 1.89 bits per heavy atom. The van der Waals surface area contributed by atoms with Crippen LogP contribution in [0.1, 0.15) is 11.1 Å². The molecule has 11 aromatic rings. The van der Waals surface area contributed by atoms with Crippen molar-refractivity contribution >= 4 is 65.7 Å². The lowest BCUT2D eigenvalue weighted by Crippen LogP contribution is -1.97. The Kier molecular flexibility index (Phi) is 6.61. The van der Waals surface area contributed by atoms with Crippen LogP contribution in [0, 0.1) is 22.7 Å². The van der Waals surface area contributed by atoms with Gasteiger partial charge in [0.2, 0.25) is 0 Å². The van der Waals surface area contributed by atoms with E-state index < -0.39 is 0 Å². The maximum atomic E-state index is 10.5. The third-order valence-corrected chi connectivity index (χ3v) is 10.9. The number of para-hydroxylation sites is 3. The number of furan rings is 2. The highest BCUT2D eigenvalue weighted by Crippen LogP contribution is 2.44. The summed E-state index contributed by atoms with van der Waals surface area (Å²) < 4.78 is 15.2. The van der Waals surface area contributed by atoms with E-state index in [1.54, 1.807) is 0 Å². The molecular weight excluding hydrogens is 675 g/mol. The van der Waals surface area contributed by atoms with Gasteiger partial charge in [-0.25, -0.2) is 0 Å². The third kappa shape index (κ3) is 4.64. The van der Waals surface area contributed by atoms with Crippen LogP contribution in [0.5, 0.6) is 0 Å². The number of hydrogen-bond donors (Lipinski definition) is 0. The first-order valence-corrected chi connectivity index (χ1v) is 18.1. The Morgan fingerprint density at radius 2 is 1.09 bits per heavy atom. The molecule has 0 aliphatic heterocycles. The molecule has 55 heavy (non-hydrogen) atoms. The molecule has 0 aliphatic rings. The van der Waals surface area contributed by atoms with Crippen LogP contribution >= 0.6 is 0 Å². The summed E-state index contributed by atoms with van der Waals surface area (Å²) in [7, 11) is 0. The molecule has 0 fully saturated rings. The van der Waals surface area contributed by atoms with Crippen molar-refractivity contribution in [2.45, 2.75) is 0 Å². The first-order chi connectivity index (χ1) is 27.2. The summed E-state index contributed by atoms with van der Waals surface area (Å²) in [5.41, 5.74) is 13.2. The van der Waals surface area contributed by atoms with E-state index in [0.717, 1.165) is 105 Å². The molecule has 0 amide bonds. The van der Waals surface area contributed by atoms with Crippen LogP contribution in [0.4, 0.5) is 0 Å². The van der Waals surface area contributed by atoms with Gasteiger partial charge in [-0.1, -0.05) is 91.0 Å². The second-order valence-corrected chi connectivity index (χ2v) is 13.9. The highest BCUT2D eigenvalue weighted by atomic mass is 16.3. The third-order valence-electron chi connectivity index (χ3n) is 10.9. The van der Waals surface area contributed by atoms with Gasteiger partial charge >= 0.3 is 0 Å². The number of rotatable bonds is 4. The quantitative estimate of drug-likeness (QED) is 0.183. The Bertz CT molecular complexity index is 3460. The minimum atomic E-state index is 0.571. The monoisotopic (exact) mass is 701 g/mol. The Labute approximate surface area is 314 Å². The zero-order valence-corrected chi connectivity index (χ0v) is 29.2. The number of nitriles is 2. The van der Waals surface area contributed by atoms with Gasteiger partial charge < -0.3 is 13.4 Å². The van der Waals surface area contributed by atoms with Crippen LogP contribution in [0.3, 0.4) is 0 Å². The van der Waals surface area contributed by atoms with Crippen molar-refractivity contribution in [1.29, 1.82) is 10.5 Å². The van der Waals surface area contributed by atoms with E-state index in [2.05, 4.69) is 102 Å². The van der Waals surface area contributed by atoms with Gasteiger partial charge in [-0.2, -0.15) is 10.5 Å². The first-order valence-electron chi connectivity index (χ1n) is 18.1. The fourth-order valence-electron chi connectivity index (χ4n) is 8.32. The van der Waals surface area contributed by atoms with Crippen molar-refractivity contribution < 1.29 is 8.83 Å². The molecule has 0 spiro atoms. The van der Waals surface area contributed by atoms with E-state index in [1.807, 2.05) is 78.9 Å². The minimum Gasteiger partial charge on any atom is -0.456 e. The van der Waals surface area contributed by atoms with Crippen molar-refractivity contribution in [1.82, 2.24) is 4.57 Å². The van der Waals surface area contributed by atoms with Gasteiger partial charge in [0.15, 0.2) is 5.58 Å². The second kappa shape index (κ2) is 11.8. The molecule has 5 nitrogen and oxygen atoms in total. The molecule has 3 heterocycles. The number of nitrogens with zero attached hydrogens (tertiary/aromatic N) is 3. The molecule has 0 saturated heterocycles. The zero-order chi connectivity index (χ0) is 36.6. The fraction of sp³-hybridized carbons (Fsp3) is 0. The van der Waals surface area contributed by atoms with Crippen LogP contribution in [-0.2, 0) is 0 Å². The SMILES string of the molecule is N#Cc1ccc(-c2ccc(C#N)c(-c3ccc(-n4c5ccccc5c5ccc6c7ccccc7oc6c54)cc3-c3ccc4oc5ccccc5c4c3)c2)cc1. The van der Waals surface area contributed by atoms with Gasteiger partial charge in [-0.05, 0) is 101 Å². The molecule has 0 unspecified atom stereocenters. The van der Waals surface area contributed by atoms with Gasteiger partial charge in [-0.3, -0.25) is 0 Å². The predicted molar refractivity (Wildman–Crippen MR) is 221 cm³/mol. The maximum absolute atomic E-state index is 10.5. The molecule has 0 radical (unpaired) electrons. The zero-order valence-electron chi connectivity index (χ0n) is 29.2. The smallest absolute Gasteiger partial charge is 0.160 e. The second-order valence-electron chi connectivity index (χ2n) is 13.9. The van der Waals surface area contributed by atoms with E-state index in [4.69, 9.17) is 8.83 Å². The van der Waals surface area contributed by atoms with E-state index in [0.29, 0.717) is 11.1 Å². The van der Waals surface area contributed by atoms with Crippen molar-refractivity contribution in [3.05, 3.63) is 175 Å². The molecule has 0 N–H and O–H groups in total. The van der Waals surface area contributed by atoms with Crippen molar-refractivity contribution in [3.8, 4) is 51.2 Å². The van der Waals surface area contributed by atoms with E-state index >= 15 is 0 Å². The standard InChI is InChI=1S/C50H27N3O2/c51-28-30-13-15-31(16-14-30)32-17-18-34(29-52)42(25-32)36-21-20-35(27-43(36)33-19-24-48-44(26-33)39-9-3-5-11-46(39)54-48)53-45-10-4-1-7-37(45)40-22-23-41-38-8-2-6-12-47(38)55-50(41)49(40)53/h1-27H. The molecule has 8 aromatic carbocycles. The normalized spacial score (nSPS) is 11.6. The van der Waals surface area contributed by atoms with Crippen LogP contribution in [0.15, 0.2) is 173 Å². The summed E-state index contributed by atoms with van der Waals surface area (Å²) in [5, 5.41) is 26.4. The molecule has 0 atom stereocenters. The Hall–Kier alpha value is -7.86. The van der Waals surface area contributed by atoms with E-state index in [1.165, 1.54) is 0 Å². The van der Waals surface area contributed by atoms with Gasteiger partial charge in [0.25, 0.3) is 0 Å². The summed E-state index contributed by atoms with van der Waals surface area (Å²) in [6.45, 7) is 0. The minimum absolute atomic E-state index is 0.571. The largest absolute Gasteiger partial charge is 0.456 e.